The smallest absolute Gasteiger partial charge is 0.262 e. The van der Waals surface area contributed by atoms with Crippen LogP contribution >= 0.6 is 0 Å². The molecule has 0 bridgehead atoms. The summed E-state index contributed by atoms with van der Waals surface area (Å²) in [5.74, 6) is 0.282. The molecule has 3 aromatic carbocycles. The van der Waals surface area contributed by atoms with Crippen molar-refractivity contribution >= 4 is 29.1 Å². The lowest BCUT2D eigenvalue weighted by atomic mass is 10.1. The van der Waals surface area contributed by atoms with E-state index in [-0.39, 0.29) is 30.7 Å². The Bertz CT molecular complexity index is 1160. The van der Waals surface area contributed by atoms with Gasteiger partial charge in [-0.3, -0.25) is 14.4 Å². The number of carbonyl (C=O) groups is 3. The minimum Gasteiger partial charge on any atom is -0.497 e. The van der Waals surface area contributed by atoms with Gasteiger partial charge >= 0.3 is 0 Å². The van der Waals surface area contributed by atoms with Crippen LogP contribution in [0.2, 0.25) is 0 Å². The summed E-state index contributed by atoms with van der Waals surface area (Å²) in [5.41, 5.74) is 2.34. The van der Waals surface area contributed by atoms with Crippen molar-refractivity contribution in [1.29, 1.82) is 0 Å². The topological polar surface area (TPSA) is 97.0 Å². The minimum absolute atomic E-state index is 0.0996. The highest BCUT2D eigenvalue weighted by Crippen LogP contribution is 2.27. The van der Waals surface area contributed by atoms with E-state index >= 15 is 0 Å². The third-order valence-electron chi connectivity index (χ3n) is 5.70. The zero-order valence-corrected chi connectivity index (χ0v) is 19.4. The van der Waals surface area contributed by atoms with Gasteiger partial charge in [0.25, 0.3) is 5.91 Å². The van der Waals surface area contributed by atoms with Gasteiger partial charge in [-0.2, -0.15) is 0 Å². The van der Waals surface area contributed by atoms with Crippen LogP contribution in [0, 0.1) is 5.92 Å². The van der Waals surface area contributed by atoms with E-state index in [2.05, 4.69) is 10.6 Å². The molecule has 0 aliphatic carbocycles. The van der Waals surface area contributed by atoms with Crippen LogP contribution in [0.5, 0.6) is 11.5 Å². The van der Waals surface area contributed by atoms with Crippen LogP contribution in [0.4, 0.5) is 11.4 Å². The van der Waals surface area contributed by atoms with Gasteiger partial charge in [-0.1, -0.05) is 30.3 Å². The molecular weight excluding hydrogens is 446 g/mol. The molecule has 2 N–H and O–H groups in total. The number of benzene rings is 3. The molecule has 4 rings (SSSR count). The maximum Gasteiger partial charge on any atom is 0.262 e. The van der Waals surface area contributed by atoms with Gasteiger partial charge in [0.05, 0.1) is 13.0 Å². The number of amides is 3. The van der Waals surface area contributed by atoms with Crippen LogP contribution in [0.3, 0.4) is 0 Å². The summed E-state index contributed by atoms with van der Waals surface area (Å²) in [4.78, 5) is 38.8. The van der Waals surface area contributed by atoms with E-state index in [4.69, 9.17) is 9.47 Å². The first kappa shape index (κ1) is 23.8. The maximum atomic E-state index is 12.6. The summed E-state index contributed by atoms with van der Waals surface area (Å²) in [7, 11) is 1.58. The van der Waals surface area contributed by atoms with Gasteiger partial charge in [0.1, 0.15) is 11.5 Å². The van der Waals surface area contributed by atoms with Crippen molar-refractivity contribution < 1.29 is 23.9 Å². The second-order valence-electron chi connectivity index (χ2n) is 8.17. The number of anilines is 2. The minimum atomic E-state index is -0.399. The number of hydrogen-bond acceptors (Lipinski definition) is 5. The summed E-state index contributed by atoms with van der Waals surface area (Å²) in [6.07, 6.45) is 0.171. The van der Waals surface area contributed by atoms with Crippen molar-refractivity contribution in [2.75, 3.05) is 30.5 Å². The number of nitrogens with zero attached hydrogens (tertiary/aromatic N) is 1. The fraction of sp³-hybridized carbons (Fsp3) is 0.222. The molecule has 180 valence electrons. The predicted molar refractivity (Wildman–Crippen MR) is 132 cm³/mol. The fourth-order valence-electron chi connectivity index (χ4n) is 3.80. The molecule has 8 nitrogen and oxygen atoms in total. The first-order valence-electron chi connectivity index (χ1n) is 11.3. The summed E-state index contributed by atoms with van der Waals surface area (Å²) < 4.78 is 10.7. The predicted octanol–water partition coefficient (Wildman–Crippen LogP) is 3.38. The van der Waals surface area contributed by atoms with Crippen molar-refractivity contribution in [3.63, 3.8) is 0 Å². The van der Waals surface area contributed by atoms with E-state index in [1.807, 2.05) is 30.3 Å². The Hall–Kier alpha value is -4.33. The van der Waals surface area contributed by atoms with E-state index in [0.29, 0.717) is 36.0 Å². The Labute approximate surface area is 203 Å². The average Bonchev–Trinajstić information content (AvgIpc) is 3.29. The van der Waals surface area contributed by atoms with Crippen molar-refractivity contribution in [2.45, 2.75) is 13.0 Å². The molecule has 0 aromatic heterocycles. The molecule has 1 aliphatic heterocycles. The Balaban J connectivity index is 1.25. The Morgan fingerprint density at radius 1 is 0.943 bits per heavy atom. The van der Waals surface area contributed by atoms with E-state index in [9.17, 15) is 14.4 Å². The number of methoxy groups -OCH3 is 1. The second-order valence-corrected chi connectivity index (χ2v) is 8.17. The summed E-state index contributed by atoms with van der Waals surface area (Å²) >= 11 is 0. The largest absolute Gasteiger partial charge is 0.497 e. The molecule has 0 radical (unpaired) electrons. The van der Waals surface area contributed by atoms with E-state index in [1.165, 1.54) is 0 Å². The number of rotatable bonds is 9. The molecule has 0 unspecified atom stereocenters. The highest BCUT2D eigenvalue weighted by molar-refractivity contribution is 6.00. The molecule has 3 amide bonds. The first-order chi connectivity index (χ1) is 17.0. The van der Waals surface area contributed by atoms with Crippen molar-refractivity contribution in [3.05, 3.63) is 84.4 Å². The lowest BCUT2D eigenvalue weighted by Crippen LogP contribution is -2.32. The van der Waals surface area contributed by atoms with Crippen LogP contribution in [-0.2, 0) is 20.9 Å². The molecule has 1 fully saturated rings. The van der Waals surface area contributed by atoms with Gasteiger partial charge in [0, 0.05) is 30.9 Å². The lowest BCUT2D eigenvalue weighted by Gasteiger charge is -2.17. The van der Waals surface area contributed by atoms with Crippen molar-refractivity contribution in [3.8, 4) is 11.5 Å². The quantitative estimate of drug-likeness (QED) is 0.497. The van der Waals surface area contributed by atoms with Gasteiger partial charge in [0.15, 0.2) is 6.61 Å². The molecule has 1 heterocycles. The number of nitrogens with one attached hydrogen (secondary N) is 2. The van der Waals surface area contributed by atoms with Crippen LogP contribution in [0.15, 0.2) is 78.9 Å². The van der Waals surface area contributed by atoms with Gasteiger partial charge in [-0.05, 0) is 54.1 Å². The third-order valence-corrected chi connectivity index (χ3v) is 5.70. The molecule has 35 heavy (non-hydrogen) atoms. The second kappa shape index (κ2) is 11.2. The monoisotopic (exact) mass is 473 g/mol. The van der Waals surface area contributed by atoms with E-state index < -0.39 is 5.92 Å². The van der Waals surface area contributed by atoms with Crippen LogP contribution in [-0.4, -0.2) is 38.0 Å². The van der Waals surface area contributed by atoms with Gasteiger partial charge in [0.2, 0.25) is 11.8 Å². The molecule has 1 saturated heterocycles. The van der Waals surface area contributed by atoms with E-state index in [0.717, 1.165) is 5.56 Å². The molecule has 0 saturated carbocycles. The Kier molecular flexibility index (Phi) is 7.62. The lowest BCUT2D eigenvalue weighted by molar-refractivity contribution is -0.126. The van der Waals surface area contributed by atoms with Crippen molar-refractivity contribution in [2.24, 2.45) is 5.92 Å². The highest BCUT2D eigenvalue weighted by Gasteiger charge is 2.35. The van der Waals surface area contributed by atoms with Gasteiger partial charge in [-0.15, -0.1) is 0 Å². The highest BCUT2D eigenvalue weighted by atomic mass is 16.5. The number of hydrogen-bond donors (Lipinski definition) is 2. The Morgan fingerprint density at radius 2 is 1.63 bits per heavy atom. The third kappa shape index (κ3) is 6.38. The zero-order chi connectivity index (χ0) is 24.6. The van der Waals surface area contributed by atoms with Crippen LogP contribution in [0.25, 0.3) is 0 Å². The summed E-state index contributed by atoms with van der Waals surface area (Å²) in [6, 6.07) is 23.5. The average molecular weight is 474 g/mol. The zero-order valence-electron chi connectivity index (χ0n) is 19.4. The Morgan fingerprint density at radius 3 is 2.31 bits per heavy atom. The summed E-state index contributed by atoms with van der Waals surface area (Å²) in [6.45, 7) is 0.601. The van der Waals surface area contributed by atoms with Gasteiger partial charge < -0.3 is 25.0 Å². The molecule has 0 spiro atoms. The number of ether oxygens (including phenoxy) is 2. The van der Waals surface area contributed by atoms with Gasteiger partial charge in [-0.25, -0.2) is 0 Å². The van der Waals surface area contributed by atoms with Crippen LogP contribution in [0.1, 0.15) is 12.0 Å². The molecule has 3 aromatic rings. The molecule has 1 aliphatic rings. The first-order valence-corrected chi connectivity index (χ1v) is 11.3. The van der Waals surface area contributed by atoms with Crippen molar-refractivity contribution in [1.82, 2.24) is 5.32 Å². The normalized spacial score (nSPS) is 14.9. The standard InChI is InChI=1S/C27H27N3O5/c1-34-23-11-7-21(8-12-23)29-25(31)18-35-24-13-9-22(10-14-24)30-17-20(15-26(30)32)27(33)28-16-19-5-3-2-4-6-19/h2-14,20H,15-18H2,1H3,(H,28,33)(H,29,31)/t20-/m0/s1. The molecule has 1 atom stereocenters. The SMILES string of the molecule is COc1ccc(NC(=O)COc2ccc(N3C[C@@H](C(=O)NCc4ccccc4)CC3=O)cc2)cc1. The fourth-order valence-corrected chi connectivity index (χ4v) is 3.80. The van der Waals surface area contributed by atoms with E-state index in [1.54, 1.807) is 60.5 Å². The maximum absolute atomic E-state index is 12.6. The van der Waals surface area contributed by atoms with Crippen LogP contribution < -0.4 is 25.0 Å². The summed E-state index contributed by atoms with van der Waals surface area (Å²) in [5, 5.41) is 5.66. The number of carbonyl (C=O) groups excluding carboxylic acids is 3. The molecule has 8 heteroatoms. The molecular formula is C27H27N3O5.